The molecule has 1 amide bonds. The third-order valence-electron chi connectivity index (χ3n) is 4.97. The Labute approximate surface area is 123 Å². The molecular formula is C16H31N3O. The fourth-order valence-corrected chi connectivity index (χ4v) is 3.71. The lowest BCUT2D eigenvalue weighted by molar-refractivity contribution is -0.127. The smallest absolute Gasteiger partial charge is 0.237 e. The maximum Gasteiger partial charge on any atom is 0.237 e. The molecule has 0 aromatic carbocycles. The second kappa shape index (κ2) is 7.99. The van der Waals surface area contributed by atoms with Crippen LogP contribution in [-0.4, -0.2) is 48.6 Å². The summed E-state index contributed by atoms with van der Waals surface area (Å²) in [7, 11) is 0. The molecule has 0 bridgehead atoms. The van der Waals surface area contributed by atoms with Gasteiger partial charge in [-0.25, -0.2) is 0 Å². The number of rotatable bonds is 5. The molecule has 0 radical (unpaired) electrons. The normalized spacial score (nSPS) is 23.8. The predicted octanol–water partition coefficient (Wildman–Crippen LogP) is 1.90. The van der Waals surface area contributed by atoms with E-state index in [0.29, 0.717) is 12.1 Å². The van der Waals surface area contributed by atoms with Gasteiger partial charge in [0.25, 0.3) is 0 Å². The maximum absolute atomic E-state index is 12.5. The number of likely N-dealkylation sites (N-methyl/N-ethyl adjacent to an activating group) is 1. The molecule has 1 heterocycles. The summed E-state index contributed by atoms with van der Waals surface area (Å²) in [6, 6.07) is 0.990. The van der Waals surface area contributed by atoms with Gasteiger partial charge in [0.05, 0.1) is 6.04 Å². The van der Waals surface area contributed by atoms with E-state index < -0.39 is 0 Å². The van der Waals surface area contributed by atoms with Gasteiger partial charge in [0.2, 0.25) is 5.91 Å². The summed E-state index contributed by atoms with van der Waals surface area (Å²) in [6.45, 7) is 7.37. The van der Waals surface area contributed by atoms with Crippen LogP contribution in [0.15, 0.2) is 0 Å². The van der Waals surface area contributed by atoms with Crippen molar-refractivity contribution in [1.82, 2.24) is 15.5 Å². The molecule has 116 valence electrons. The molecule has 2 N–H and O–H groups in total. The van der Waals surface area contributed by atoms with Gasteiger partial charge in [-0.3, -0.25) is 9.69 Å². The highest BCUT2D eigenvalue weighted by Crippen LogP contribution is 2.19. The zero-order valence-electron chi connectivity index (χ0n) is 13.2. The van der Waals surface area contributed by atoms with Gasteiger partial charge in [-0.2, -0.15) is 0 Å². The van der Waals surface area contributed by atoms with Crippen LogP contribution in [0.25, 0.3) is 0 Å². The van der Waals surface area contributed by atoms with E-state index in [-0.39, 0.29) is 11.9 Å². The van der Waals surface area contributed by atoms with Crippen molar-refractivity contribution in [3.05, 3.63) is 0 Å². The molecule has 1 aliphatic heterocycles. The Hall–Kier alpha value is -0.610. The van der Waals surface area contributed by atoms with Crippen molar-refractivity contribution in [2.75, 3.05) is 19.6 Å². The molecule has 4 heteroatoms. The van der Waals surface area contributed by atoms with E-state index >= 15 is 0 Å². The first-order valence-electron chi connectivity index (χ1n) is 8.49. The van der Waals surface area contributed by atoms with Crippen molar-refractivity contribution in [3.8, 4) is 0 Å². The van der Waals surface area contributed by atoms with E-state index in [0.717, 1.165) is 45.3 Å². The second-order valence-corrected chi connectivity index (χ2v) is 6.33. The summed E-state index contributed by atoms with van der Waals surface area (Å²) in [4.78, 5) is 14.9. The Morgan fingerprint density at radius 3 is 2.45 bits per heavy atom. The molecule has 2 rings (SSSR count). The molecule has 2 fully saturated rings. The van der Waals surface area contributed by atoms with Crippen LogP contribution in [-0.2, 0) is 4.79 Å². The lowest BCUT2D eigenvalue weighted by atomic mass is 9.95. The number of piperidine rings is 1. The first-order chi connectivity index (χ1) is 9.72. The standard InChI is InChI=1S/C16H31N3O/c1-3-19(15-9-11-17-12-10-15)13(2)16(20)18-14-7-5-4-6-8-14/h13-15,17H,3-12H2,1-2H3,(H,18,20). The summed E-state index contributed by atoms with van der Waals surface area (Å²) in [5.41, 5.74) is 0. The molecule has 0 spiro atoms. The molecule has 2 aliphatic rings. The third-order valence-corrected chi connectivity index (χ3v) is 4.97. The van der Waals surface area contributed by atoms with Crippen LogP contribution in [0.4, 0.5) is 0 Å². The van der Waals surface area contributed by atoms with Crippen molar-refractivity contribution < 1.29 is 4.79 Å². The van der Waals surface area contributed by atoms with E-state index in [1.165, 1.54) is 19.3 Å². The Balaban J connectivity index is 1.85. The quantitative estimate of drug-likeness (QED) is 0.809. The molecular weight excluding hydrogens is 250 g/mol. The first kappa shape index (κ1) is 15.8. The van der Waals surface area contributed by atoms with Crippen molar-refractivity contribution in [1.29, 1.82) is 0 Å². The molecule has 20 heavy (non-hydrogen) atoms. The van der Waals surface area contributed by atoms with Gasteiger partial charge >= 0.3 is 0 Å². The SMILES string of the molecule is CCN(C1CCNCC1)C(C)C(=O)NC1CCCCC1. The van der Waals surface area contributed by atoms with Gasteiger partial charge in [0.1, 0.15) is 0 Å². The Morgan fingerprint density at radius 1 is 1.20 bits per heavy atom. The molecule has 1 aliphatic carbocycles. The van der Waals surface area contributed by atoms with E-state index in [9.17, 15) is 4.79 Å². The van der Waals surface area contributed by atoms with E-state index in [1.807, 2.05) is 0 Å². The number of nitrogens with one attached hydrogen (secondary N) is 2. The summed E-state index contributed by atoms with van der Waals surface area (Å²) in [5, 5.41) is 6.68. The van der Waals surface area contributed by atoms with Gasteiger partial charge < -0.3 is 10.6 Å². The molecule has 1 atom stereocenters. The van der Waals surface area contributed by atoms with Gasteiger partial charge in [0, 0.05) is 12.1 Å². The van der Waals surface area contributed by atoms with Gasteiger partial charge in [0.15, 0.2) is 0 Å². The van der Waals surface area contributed by atoms with Crippen molar-refractivity contribution in [3.63, 3.8) is 0 Å². The fraction of sp³-hybridized carbons (Fsp3) is 0.938. The first-order valence-corrected chi connectivity index (χ1v) is 8.49. The molecule has 4 nitrogen and oxygen atoms in total. The summed E-state index contributed by atoms with van der Waals surface area (Å²) >= 11 is 0. The zero-order chi connectivity index (χ0) is 14.4. The minimum Gasteiger partial charge on any atom is -0.352 e. The van der Waals surface area contributed by atoms with Crippen molar-refractivity contribution >= 4 is 5.91 Å². The highest BCUT2D eigenvalue weighted by atomic mass is 16.2. The second-order valence-electron chi connectivity index (χ2n) is 6.33. The molecule has 0 aromatic rings. The Kier molecular flexibility index (Phi) is 6.30. The van der Waals surface area contributed by atoms with Crippen LogP contribution in [0, 0.1) is 0 Å². The number of carbonyl (C=O) groups excluding carboxylic acids is 1. The summed E-state index contributed by atoms with van der Waals surface area (Å²) in [5.74, 6) is 0.234. The minimum atomic E-state index is 0.00465. The largest absolute Gasteiger partial charge is 0.352 e. The number of carbonyl (C=O) groups is 1. The summed E-state index contributed by atoms with van der Waals surface area (Å²) < 4.78 is 0. The predicted molar refractivity (Wildman–Crippen MR) is 82.7 cm³/mol. The van der Waals surface area contributed by atoms with Crippen LogP contribution < -0.4 is 10.6 Å². The lowest BCUT2D eigenvalue weighted by Gasteiger charge is -2.38. The molecule has 1 saturated carbocycles. The van der Waals surface area contributed by atoms with E-state index in [4.69, 9.17) is 0 Å². The Morgan fingerprint density at radius 2 is 1.85 bits per heavy atom. The van der Waals surface area contributed by atoms with Crippen LogP contribution in [0.1, 0.15) is 58.8 Å². The zero-order valence-corrected chi connectivity index (χ0v) is 13.2. The highest BCUT2D eigenvalue weighted by Gasteiger charge is 2.29. The maximum atomic E-state index is 12.5. The van der Waals surface area contributed by atoms with Gasteiger partial charge in [-0.1, -0.05) is 26.2 Å². The third kappa shape index (κ3) is 4.19. The van der Waals surface area contributed by atoms with Crippen molar-refractivity contribution in [2.45, 2.75) is 76.9 Å². The highest BCUT2D eigenvalue weighted by molar-refractivity contribution is 5.81. The number of hydrogen-bond acceptors (Lipinski definition) is 3. The van der Waals surface area contributed by atoms with Crippen molar-refractivity contribution in [2.24, 2.45) is 0 Å². The Bertz CT molecular complexity index is 296. The lowest BCUT2D eigenvalue weighted by Crippen LogP contribution is -2.54. The van der Waals surface area contributed by atoms with Gasteiger partial charge in [-0.05, 0) is 52.2 Å². The van der Waals surface area contributed by atoms with E-state index in [2.05, 4.69) is 29.4 Å². The van der Waals surface area contributed by atoms with E-state index in [1.54, 1.807) is 0 Å². The topological polar surface area (TPSA) is 44.4 Å². The number of amides is 1. The number of nitrogens with zero attached hydrogens (tertiary/aromatic N) is 1. The average Bonchev–Trinajstić information content (AvgIpc) is 2.50. The van der Waals surface area contributed by atoms with Crippen LogP contribution in [0.2, 0.25) is 0 Å². The molecule has 0 aromatic heterocycles. The molecule has 1 unspecified atom stereocenters. The summed E-state index contributed by atoms with van der Waals surface area (Å²) in [6.07, 6.45) is 8.52. The average molecular weight is 281 g/mol. The monoisotopic (exact) mass is 281 g/mol. The fourth-order valence-electron chi connectivity index (χ4n) is 3.71. The minimum absolute atomic E-state index is 0.00465. The van der Waals surface area contributed by atoms with Crippen LogP contribution in [0.3, 0.4) is 0 Å². The molecule has 1 saturated heterocycles. The number of hydrogen-bond donors (Lipinski definition) is 2. The van der Waals surface area contributed by atoms with Crippen LogP contribution in [0.5, 0.6) is 0 Å². The van der Waals surface area contributed by atoms with Gasteiger partial charge in [-0.15, -0.1) is 0 Å². The van der Waals surface area contributed by atoms with Crippen LogP contribution >= 0.6 is 0 Å².